The molecule has 0 saturated carbocycles. The van der Waals surface area contributed by atoms with Crippen LogP contribution in [0.1, 0.15) is 29.8 Å². The molecule has 19 heavy (non-hydrogen) atoms. The number of carbonyl (C=O) groups excluding carboxylic acids is 1. The highest BCUT2D eigenvalue weighted by molar-refractivity contribution is 5.87. The number of hydrogen-bond donors (Lipinski definition) is 1. The Labute approximate surface area is 110 Å². The number of anilines is 1. The minimum atomic E-state index is -0.884. The third kappa shape index (κ3) is 2.81. The highest BCUT2D eigenvalue weighted by Crippen LogP contribution is 2.23. The van der Waals surface area contributed by atoms with Crippen molar-refractivity contribution >= 4 is 17.8 Å². The lowest BCUT2D eigenvalue weighted by atomic mass is 10.0. The zero-order chi connectivity index (χ0) is 13.8. The number of ether oxygens (including phenoxy) is 1. The molecule has 2 heterocycles. The van der Waals surface area contributed by atoms with Crippen LogP contribution < -0.4 is 4.90 Å². The van der Waals surface area contributed by atoms with Crippen LogP contribution in [0.4, 0.5) is 5.82 Å². The maximum atomic E-state index is 11.4. The fourth-order valence-corrected chi connectivity index (χ4v) is 2.16. The van der Waals surface area contributed by atoms with Gasteiger partial charge in [-0.3, -0.25) is 4.98 Å². The summed E-state index contributed by atoms with van der Waals surface area (Å²) >= 11 is 0. The van der Waals surface area contributed by atoms with Gasteiger partial charge in [-0.15, -0.1) is 0 Å². The summed E-state index contributed by atoms with van der Waals surface area (Å²) in [5.41, 5.74) is 0.0784. The van der Waals surface area contributed by atoms with Gasteiger partial charge in [0.25, 0.3) is 0 Å². The molecule has 0 bridgehead atoms. The summed E-state index contributed by atoms with van der Waals surface area (Å²) in [5.74, 6) is -1.07. The van der Waals surface area contributed by atoms with E-state index in [9.17, 15) is 14.7 Å². The molecule has 1 atom stereocenters. The van der Waals surface area contributed by atoms with Crippen molar-refractivity contribution in [3.05, 3.63) is 18.1 Å². The molecule has 1 saturated heterocycles. The SMILES string of the molecule is COC(=O)c1cncc(N2CCCCC2C(=O)O)n1. The summed E-state index contributed by atoms with van der Waals surface area (Å²) < 4.78 is 4.58. The Bertz CT molecular complexity index is 492. The Kier molecular flexibility index (Phi) is 3.94. The number of hydrogen-bond acceptors (Lipinski definition) is 6. The minimum Gasteiger partial charge on any atom is -0.480 e. The van der Waals surface area contributed by atoms with Gasteiger partial charge in [0.2, 0.25) is 0 Å². The second kappa shape index (κ2) is 5.64. The predicted octanol–water partition coefficient (Wildman–Crippen LogP) is 0.707. The lowest BCUT2D eigenvalue weighted by molar-refractivity contribution is -0.139. The van der Waals surface area contributed by atoms with Gasteiger partial charge in [-0.25, -0.2) is 14.6 Å². The normalized spacial score (nSPS) is 19.0. The summed E-state index contributed by atoms with van der Waals surface area (Å²) in [6.07, 6.45) is 5.10. The number of esters is 1. The van der Waals surface area contributed by atoms with Crippen LogP contribution in [0.25, 0.3) is 0 Å². The summed E-state index contributed by atoms with van der Waals surface area (Å²) in [5, 5.41) is 9.21. The topological polar surface area (TPSA) is 92.6 Å². The van der Waals surface area contributed by atoms with Crippen molar-refractivity contribution < 1.29 is 19.4 Å². The van der Waals surface area contributed by atoms with E-state index in [1.807, 2.05) is 0 Å². The minimum absolute atomic E-state index is 0.0784. The van der Waals surface area contributed by atoms with Crippen LogP contribution in [0.3, 0.4) is 0 Å². The van der Waals surface area contributed by atoms with E-state index >= 15 is 0 Å². The van der Waals surface area contributed by atoms with Gasteiger partial charge in [0.05, 0.1) is 19.5 Å². The Balaban J connectivity index is 2.29. The first-order valence-corrected chi connectivity index (χ1v) is 6.03. The molecule has 0 radical (unpaired) electrons. The lowest BCUT2D eigenvalue weighted by Gasteiger charge is -2.33. The molecule has 7 heteroatoms. The van der Waals surface area contributed by atoms with Gasteiger partial charge < -0.3 is 14.7 Å². The third-order valence-electron chi connectivity index (χ3n) is 3.10. The molecule has 1 unspecified atom stereocenters. The zero-order valence-corrected chi connectivity index (χ0v) is 10.6. The molecular weight excluding hydrogens is 250 g/mol. The first-order valence-electron chi connectivity index (χ1n) is 6.03. The number of carbonyl (C=O) groups is 2. The van der Waals surface area contributed by atoms with Crippen LogP contribution >= 0.6 is 0 Å². The first kappa shape index (κ1) is 13.3. The predicted molar refractivity (Wildman–Crippen MR) is 66.0 cm³/mol. The van der Waals surface area contributed by atoms with Gasteiger partial charge in [-0.2, -0.15) is 0 Å². The summed E-state index contributed by atoms with van der Waals surface area (Å²) in [4.78, 5) is 32.4. The fraction of sp³-hybridized carbons (Fsp3) is 0.500. The molecule has 1 aromatic rings. The van der Waals surface area contributed by atoms with E-state index in [2.05, 4.69) is 14.7 Å². The summed E-state index contributed by atoms with van der Waals surface area (Å²) in [6.45, 7) is 0.594. The van der Waals surface area contributed by atoms with Crippen LogP contribution in [0.5, 0.6) is 0 Å². The average Bonchev–Trinajstić information content (AvgIpc) is 2.46. The first-order chi connectivity index (χ1) is 9.13. The number of aliphatic carboxylic acids is 1. The average molecular weight is 265 g/mol. The number of piperidine rings is 1. The number of aromatic nitrogens is 2. The Morgan fingerprint density at radius 2 is 2.21 bits per heavy atom. The quantitative estimate of drug-likeness (QED) is 0.804. The van der Waals surface area contributed by atoms with Gasteiger partial charge in [0.1, 0.15) is 11.9 Å². The van der Waals surface area contributed by atoms with Crippen LogP contribution in [-0.4, -0.2) is 46.7 Å². The highest BCUT2D eigenvalue weighted by atomic mass is 16.5. The molecule has 2 rings (SSSR count). The fourth-order valence-electron chi connectivity index (χ4n) is 2.16. The molecule has 1 N–H and O–H groups in total. The molecule has 0 spiro atoms. The second-order valence-electron chi connectivity index (χ2n) is 4.30. The summed E-state index contributed by atoms with van der Waals surface area (Å²) in [6, 6.07) is -0.615. The van der Waals surface area contributed by atoms with Gasteiger partial charge in [0, 0.05) is 6.54 Å². The molecule has 7 nitrogen and oxygen atoms in total. The van der Waals surface area contributed by atoms with Gasteiger partial charge in [-0.1, -0.05) is 0 Å². The maximum Gasteiger partial charge on any atom is 0.358 e. The van der Waals surface area contributed by atoms with E-state index in [1.165, 1.54) is 19.5 Å². The standard InChI is InChI=1S/C12H15N3O4/c1-19-12(18)8-6-13-7-10(14-8)15-5-3-2-4-9(15)11(16)17/h6-7,9H,2-5H2,1H3,(H,16,17). The van der Waals surface area contributed by atoms with Crippen LogP contribution in [-0.2, 0) is 9.53 Å². The van der Waals surface area contributed by atoms with Crippen LogP contribution in [0.15, 0.2) is 12.4 Å². The Hall–Kier alpha value is -2.18. The Morgan fingerprint density at radius 3 is 2.89 bits per heavy atom. The number of carboxylic acids is 1. The van der Waals surface area contributed by atoms with Crippen molar-refractivity contribution in [2.45, 2.75) is 25.3 Å². The molecule has 1 aliphatic rings. The molecular formula is C12H15N3O4. The molecule has 1 aromatic heterocycles. The zero-order valence-electron chi connectivity index (χ0n) is 10.6. The third-order valence-corrected chi connectivity index (χ3v) is 3.10. The van der Waals surface area contributed by atoms with Crippen molar-refractivity contribution in [1.29, 1.82) is 0 Å². The van der Waals surface area contributed by atoms with Gasteiger partial charge in [-0.05, 0) is 19.3 Å². The maximum absolute atomic E-state index is 11.4. The van der Waals surface area contributed by atoms with Crippen molar-refractivity contribution in [2.75, 3.05) is 18.6 Å². The monoisotopic (exact) mass is 265 g/mol. The van der Waals surface area contributed by atoms with E-state index in [4.69, 9.17) is 0 Å². The van der Waals surface area contributed by atoms with Crippen LogP contribution in [0.2, 0.25) is 0 Å². The number of rotatable bonds is 3. The smallest absolute Gasteiger partial charge is 0.358 e. The molecule has 0 aliphatic carbocycles. The van der Waals surface area contributed by atoms with E-state index in [1.54, 1.807) is 4.90 Å². The number of methoxy groups -OCH3 is 1. The van der Waals surface area contributed by atoms with E-state index < -0.39 is 18.0 Å². The second-order valence-corrected chi connectivity index (χ2v) is 4.30. The van der Waals surface area contributed by atoms with Gasteiger partial charge >= 0.3 is 11.9 Å². The molecule has 0 amide bonds. The Morgan fingerprint density at radius 1 is 1.42 bits per heavy atom. The van der Waals surface area contributed by atoms with E-state index in [-0.39, 0.29) is 5.69 Å². The molecule has 102 valence electrons. The number of nitrogens with zero attached hydrogens (tertiary/aromatic N) is 3. The molecule has 1 aliphatic heterocycles. The highest BCUT2D eigenvalue weighted by Gasteiger charge is 2.29. The largest absolute Gasteiger partial charge is 0.480 e. The molecule has 0 aromatic carbocycles. The van der Waals surface area contributed by atoms with Crippen molar-refractivity contribution in [3.8, 4) is 0 Å². The number of carboxylic acid groups (broad SMARTS) is 1. The van der Waals surface area contributed by atoms with Crippen LogP contribution in [0, 0.1) is 0 Å². The van der Waals surface area contributed by atoms with Gasteiger partial charge in [0.15, 0.2) is 5.69 Å². The van der Waals surface area contributed by atoms with Crippen molar-refractivity contribution in [1.82, 2.24) is 9.97 Å². The van der Waals surface area contributed by atoms with Crippen molar-refractivity contribution in [2.24, 2.45) is 0 Å². The lowest BCUT2D eigenvalue weighted by Crippen LogP contribution is -2.45. The van der Waals surface area contributed by atoms with E-state index in [0.717, 1.165) is 12.8 Å². The molecule has 1 fully saturated rings. The summed E-state index contributed by atoms with van der Waals surface area (Å²) in [7, 11) is 1.26. The van der Waals surface area contributed by atoms with E-state index in [0.29, 0.717) is 18.8 Å². The van der Waals surface area contributed by atoms with Crippen molar-refractivity contribution in [3.63, 3.8) is 0 Å².